The van der Waals surface area contributed by atoms with Gasteiger partial charge in [0.1, 0.15) is 12.4 Å². The molecule has 0 amide bonds. The van der Waals surface area contributed by atoms with E-state index < -0.39 is 5.82 Å². The molecule has 0 saturated carbocycles. The number of pyridine rings is 1. The summed E-state index contributed by atoms with van der Waals surface area (Å²) in [6.45, 7) is 0.371. The average Bonchev–Trinajstić information content (AvgIpc) is 2.37. The molecule has 0 bridgehead atoms. The number of nitrogens with zero attached hydrogens (tertiary/aromatic N) is 1. The minimum Gasteiger partial charge on any atom is -0.478 e. The van der Waals surface area contributed by atoms with Gasteiger partial charge in [-0.1, -0.05) is 30.3 Å². The summed E-state index contributed by atoms with van der Waals surface area (Å²) in [5.74, 6) is -0.423. The molecule has 0 atom stereocenters. The Morgan fingerprint density at radius 3 is 2.71 bits per heavy atom. The van der Waals surface area contributed by atoms with Gasteiger partial charge in [-0.3, -0.25) is 4.98 Å². The van der Waals surface area contributed by atoms with Crippen LogP contribution in [-0.2, 0) is 11.3 Å². The van der Waals surface area contributed by atoms with E-state index in [1.54, 1.807) is 0 Å². The van der Waals surface area contributed by atoms with E-state index in [0.717, 1.165) is 11.8 Å². The number of benzene rings is 1. The van der Waals surface area contributed by atoms with E-state index in [-0.39, 0.29) is 5.05 Å². The highest BCUT2D eigenvalue weighted by Crippen LogP contribution is 2.07. The minimum atomic E-state index is -0.423. The van der Waals surface area contributed by atoms with Crippen LogP contribution in [0.4, 0.5) is 4.39 Å². The molecule has 2 nitrogen and oxygen atoms in total. The Bertz CT molecular complexity index is 516. The third kappa shape index (κ3) is 3.32. The zero-order valence-electron chi connectivity index (χ0n) is 8.97. The number of hydrogen-bond donors (Lipinski definition) is 0. The Morgan fingerprint density at radius 1 is 1.24 bits per heavy atom. The van der Waals surface area contributed by atoms with Gasteiger partial charge in [-0.25, -0.2) is 4.39 Å². The lowest BCUT2D eigenvalue weighted by atomic mass is 10.2. The van der Waals surface area contributed by atoms with Gasteiger partial charge < -0.3 is 4.74 Å². The topological polar surface area (TPSA) is 22.1 Å². The summed E-state index contributed by atoms with van der Waals surface area (Å²) < 4.78 is 18.3. The highest BCUT2D eigenvalue weighted by atomic mass is 32.1. The van der Waals surface area contributed by atoms with Crippen LogP contribution in [0.3, 0.4) is 0 Å². The maximum Gasteiger partial charge on any atom is 0.193 e. The van der Waals surface area contributed by atoms with Gasteiger partial charge in [0, 0.05) is 11.8 Å². The molecular weight excluding hydrogens is 237 g/mol. The van der Waals surface area contributed by atoms with Crippen molar-refractivity contribution in [1.29, 1.82) is 0 Å². The highest BCUT2D eigenvalue weighted by molar-refractivity contribution is 7.80. The van der Waals surface area contributed by atoms with E-state index in [4.69, 9.17) is 17.0 Å². The van der Waals surface area contributed by atoms with E-state index in [0.29, 0.717) is 12.2 Å². The van der Waals surface area contributed by atoms with Crippen LogP contribution in [0.1, 0.15) is 11.1 Å². The molecule has 86 valence electrons. The molecule has 0 spiro atoms. The maximum absolute atomic E-state index is 12.9. The number of aromatic nitrogens is 1. The normalized spacial score (nSPS) is 9.94. The lowest BCUT2D eigenvalue weighted by Crippen LogP contribution is -2.04. The Balaban J connectivity index is 1.98. The number of thiocarbonyl (C=S) groups is 1. The molecule has 1 aromatic carbocycles. The first-order valence-electron chi connectivity index (χ1n) is 5.07. The molecule has 1 aromatic heterocycles. The largest absolute Gasteiger partial charge is 0.478 e. The summed E-state index contributed by atoms with van der Waals surface area (Å²) in [4.78, 5) is 3.72. The van der Waals surface area contributed by atoms with Crippen molar-refractivity contribution in [3.63, 3.8) is 0 Å². The monoisotopic (exact) mass is 247 g/mol. The Kier molecular flexibility index (Phi) is 3.77. The quantitative estimate of drug-likeness (QED) is 0.778. The SMILES string of the molecule is Fc1cncc(C(=S)OCc2ccccc2)c1. The molecule has 0 fully saturated rings. The van der Waals surface area contributed by atoms with Crippen molar-refractivity contribution in [3.8, 4) is 0 Å². The predicted octanol–water partition coefficient (Wildman–Crippen LogP) is 3.11. The molecule has 0 N–H and O–H groups in total. The van der Waals surface area contributed by atoms with Crippen LogP contribution in [0.2, 0.25) is 0 Å². The van der Waals surface area contributed by atoms with Crippen LogP contribution in [-0.4, -0.2) is 10.0 Å². The summed E-state index contributed by atoms with van der Waals surface area (Å²) in [5.41, 5.74) is 1.50. The third-order valence-corrected chi connectivity index (χ3v) is 2.51. The second-order valence-electron chi connectivity index (χ2n) is 3.45. The predicted molar refractivity (Wildman–Crippen MR) is 67.1 cm³/mol. The van der Waals surface area contributed by atoms with Crippen molar-refractivity contribution < 1.29 is 9.13 Å². The van der Waals surface area contributed by atoms with E-state index >= 15 is 0 Å². The Morgan fingerprint density at radius 2 is 2.00 bits per heavy atom. The molecular formula is C13H10FNOS. The maximum atomic E-state index is 12.9. The fourth-order valence-corrected chi connectivity index (χ4v) is 1.50. The average molecular weight is 247 g/mol. The molecule has 17 heavy (non-hydrogen) atoms. The van der Waals surface area contributed by atoms with Gasteiger partial charge in [0.2, 0.25) is 0 Å². The summed E-state index contributed by atoms with van der Waals surface area (Å²) in [6.07, 6.45) is 2.61. The van der Waals surface area contributed by atoms with Crippen molar-refractivity contribution in [2.24, 2.45) is 0 Å². The molecule has 0 saturated heterocycles. The number of hydrogen-bond acceptors (Lipinski definition) is 3. The van der Waals surface area contributed by atoms with Gasteiger partial charge in [0.05, 0.1) is 6.20 Å². The van der Waals surface area contributed by atoms with E-state index in [1.165, 1.54) is 12.3 Å². The zero-order chi connectivity index (χ0) is 12.1. The van der Waals surface area contributed by atoms with Gasteiger partial charge in [-0.05, 0) is 23.8 Å². The van der Waals surface area contributed by atoms with Crippen LogP contribution in [0.25, 0.3) is 0 Å². The molecule has 2 rings (SSSR count). The molecule has 4 heteroatoms. The smallest absolute Gasteiger partial charge is 0.193 e. The molecule has 0 radical (unpaired) electrons. The van der Waals surface area contributed by atoms with Crippen LogP contribution in [0.5, 0.6) is 0 Å². The molecule has 2 aromatic rings. The van der Waals surface area contributed by atoms with Crippen LogP contribution < -0.4 is 0 Å². The van der Waals surface area contributed by atoms with Crippen LogP contribution in [0, 0.1) is 5.82 Å². The first-order valence-corrected chi connectivity index (χ1v) is 5.48. The Hall–Kier alpha value is -1.81. The first-order chi connectivity index (χ1) is 8.25. The molecule has 0 aliphatic rings. The molecule has 1 heterocycles. The summed E-state index contributed by atoms with van der Waals surface area (Å²) >= 11 is 5.05. The second kappa shape index (κ2) is 5.50. The number of rotatable bonds is 3. The molecule has 0 unspecified atom stereocenters. The highest BCUT2D eigenvalue weighted by Gasteiger charge is 2.04. The standard InChI is InChI=1S/C13H10FNOS/c14-12-6-11(7-15-8-12)13(17)16-9-10-4-2-1-3-5-10/h1-8H,9H2. The van der Waals surface area contributed by atoms with Crippen molar-refractivity contribution >= 4 is 17.3 Å². The summed E-state index contributed by atoms with van der Waals surface area (Å²) in [5, 5.41) is 0.251. The lowest BCUT2D eigenvalue weighted by Gasteiger charge is -2.07. The van der Waals surface area contributed by atoms with Gasteiger partial charge >= 0.3 is 0 Å². The first kappa shape index (κ1) is 11.7. The summed E-state index contributed by atoms with van der Waals surface area (Å²) in [7, 11) is 0. The van der Waals surface area contributed by atoms with Crippen molar-refractivity contribution in [1.82, 2.24) is 4.98 Å². The van der Waals surface area contributed by atoms with Crippen molar-refractivity contribution in [2.75, 3.05) is 0 Å². The van der Waals surface area contributed by atoms with E-state index in [9.17, 15) is 4.39 Å². The van der Waals surface area contributed by atoms with Crippen LogP contribution in [0.15, 0.2) is 48.8 Å². The van der Waals surface area contributed by atoms with Gasteiger partial charge in [-0.2, -0.15) is 0 Å². The van der Waals surface area contributed by atoms with E-state index in [2.05, 4.69) is 4.98 Å². The minimum absolute atomic E-state index is 0.251. The molecule has 0 aliphatic carbocycles. The summed E-state index contributed by atoms with van der Waals surface area (Å²) in [6, 6.07) is 11.0. The van der Waals surface area contributed by atoms with Gasteiger partial charge in [0.15, 0.2) is 5.05 Å². The third-order valence-electron chi connectivity index (χ3n) is 2.15. The fourth-order valence-electron chi connectivity index (χ4n) is 1.33. The van der Waals surface area contributed by atoms with Gasteiger partial charge in [-0.15, -0.1) is 0 Å². The fraction of sp³-hybridized carbons (Fsp3) is 0.0769. The van der Waals surface area contributed by atoms with Crippen molar-refractivity contribution in [3.05, 3.63) is 65.7 Å². The Labute approximate surface area is 104 Å². The van der Waals surface area contributed by atoms with E-state index in [1.807, 2.05) is 30.3 Å². The zero-order valence-corrected chi connectivity index (χ0v) is 9.78. The number of ether oxygens (including phenoxy) is 1. The second-order valence-corrected chi connectivity index (χ2v) is 3.82. The van der Waals surface area contributed by atoms with Gasteiger partial charge in [0.25, 0.3) is 0 Å². The van der Waals surface area contributed by atoms with Crippen LogP contribution >= 0.6 is 12.2 Å². The molecule has 0 aliphatic heterocycles. The van der Waals surface area contributed by atoms with Crippen molar-refractivity contribution in [2.45, 2.75) is 6.61 Å². The number of halogens is 1. The lowest BCUT2D eigenvalue weighted by molar-refractivity contribution is 0.302.